The Kier molecular flexibility index (Phi) is 5.58. The largest absolute Gasteiger partial charge is 0.493 e. The molecule has 1 N–H and O–H groups in total. The zero-order chi connectivity index (χ0) is 21.3. The van der Waals surface area contributed by atoms with Gasteiger partial charge in [0.1, 0.15) is 5.75 Å². The molecule has 2 aliphatic heterocycles. The molecule has 3 atom stereocenters. The lowest BCUT2D eigenvalue weighted by molar-refractivity contribution is 0.0928. The number of amides is 1. The van der Waals surface area contributed by atoms with Crippen molar-refractivity contribution in [3.63, 3.8) is 0 Å². The first-order chi connectivity index (χ1) is 14.5. The van der Waals surface area contributed by atoms with Gasteiger partial charge in [0, 0.05) is 23.4 Å². The number of aryl methyl sites for hydroxylation is 1. The highest BCUT2D eigenvalue weighted by Crippen LogP contribution is 2.37. The van der Waals surface area contributed by atoms with E-state index in [2.05, 4.69) is 35.3 Å². The van der Waals surface area contributed by atoms with Crippen molar-refractivity contribution >= 4 is 5.91 Å². The Morgan fingerprint density at radius 3 is 2.83 bits per heavy atom. The maximum atomic E-state index is 13.0. The van der Waals surface area contributed by atoms with Gasteiger partial charge in [-0.3, -0.25) is 14.8 Å². The van der Waals surface area contributed by atoms with Gasteiger partial charge in [0.15, 0.2) is 6.19 Å². The minimum atomic E-state index is -0.138. The van der Waals surface area contributed by atoms with Gasteiger partial charge < -0.3 is 15.0 Å². The number of carbonyl (C=O) groups is 1. The third-order valence-electron chi connectivity index (χ3n) is 5.84. The van der Waals surface area contributed by atoms with E-state index in [1.807, 2.05) is 17.9 Å². The van der Waals surface area contributed by atoms with Crippen LogP contribution in [0.1, 0.15) is 49.2 Å². The summed E-state index contributed by atoms with van der Waals surface area (Å²) in [5, 5.41) is 12.5. The molecule has 1 aromatic carbocycles. The minimum absolute atomic E-state index is 0.0126. The highest BCUT2D eigenvalue weighted by molar-refractivity contribution is 5.95. The average Bonchev–Trinajstić information content (AvgIpc) is 3.29. The quantitative estimate of drug-likeness (QED) is 0.742. The molecule has 3 heterocycles. The lowest BCUT2D eigenvalue weighted by atomic mass is 9.95. The number of carbonyl (C=O) groups excluding carboxylic acids is 1. The SMILES string of the molecule is Cc1cnc(-c2ccc(C(=O)N[C@@H]3C[C@@H]4CC[C@H]3N4C#N)cc2OCC(C)C)cn1. The molecular weight excluding hydrogens is 378 g/mol. The Bertz CT molecular complexity index is 967. The summed E-state index contributed by atoms with van der Waals surface area (Å²) in [6.45, 7) is 6.60. The van der Waals surface area contributed by atoms with Crippen LogP contribution in [-0.4, -0.2) is 45.5 Å². The molecule has 2 aliphatic rings. The number of hydrogen-bond acceptors (Lipinski definition) is 6. The Morgan fingerprint density at radius 2 is 2.17 bits per heavy atom. The van der Waals surface area contributed by atoms with Crippen LogP contribution >= 0.6 is 0 Å². The molecule has 7 heteroatoms. The van der Waals surface area contributed by atoms with Crippen molar-refractivity contribution in [1.29, 1.82) is 5.26 Å². The monoisotopic (exact) mass is 405 g/mol. The summed E-state index contributed by atoms with van der Waals surface area (Å²) in [5.41, 5.74) is 2.92. The van der Waals surface area contributed by atoms with E-state index >= 15 is 0 Å². The fraction of sp³-hybridized carbons (Fsp3) is 0.478. The molecule has 156 valence electrons. The molecule has 1 amide bonds. The second kappa shape index (κ2) is 8.31. The standard InChI is InChI=1S/C23H27N5O2/c1-14(2)12-30-22-8-16(4-6-18(22)20-11-25-15(3)10-26-20)23(29)27-19-9-17-5-7-21(19)28(17)13-24/h4,6,8,10-11,14,17,19,21H,5,7,9,12H2,1-3H3,(H,27,29)/t17-,19+,21+/m0/s1. The molecule has 0 radical (unpaired) electrons. The summed E-state index contributed by atoms with van der Waals surface area (Å²) < 4.78 is 6.03. The molecule has 0 saturated carbocycles. The van der Waals surface area contributed by atoms with Crippen molar-refractivity contribution in [2.75, 3.05) is 6.61 Å². The van der Waals surface area contributed by atoms with Crippen LogP contribution in [0, 0.1) is 24.3 Å². The first-order valence-corrected chi connectivity index (χ1v) is 10.5. The van der Waals surface area contributed by atoms with E-state index in [1.165, 1.54) is 0 Å². The number of fused-ring (bicyclic) bond motifs is 2. The van der Waals surface area contributed by atoms with Gasteiger partial charge in [0.05, 0.1) is 36.3 Å². The fourth-order valence-electron chi connectivity index (χ4n) is 4.33. The van der Waals surface area contributed by atoms with Crippen LogP contribution in [0.15, 0.2) is 30.6 Å². The van der Waals surface area contributed by atoms with E-state index in [9.17, 15) is 10.1 Å². The van der Waals surface area contributed by atoms with E-state index in [4.69, 9.17) is 4.74 Å². The number of nitrogens with one attached hydrogen (secondary N) is 1. The van der Waals surface area contributed by atoms with Crippen molar-refractivity contribution in [3.8, 4) is 23.2 Å². The average molecular weight is 406 g/mol. The summed E-state index contributed by atoms with van der Waals surface area (Å²) >= 11 is 0. The number of ether oxygens (including phenoxy) is 1. The van der Waals surface area contributed by atoms with E-state index in [-0.39, 0.29) is 24.0 Å². The molecule has 7 nitrogen and oxygen atoms in total. The van der Waals surface area contributed by atoms with Crippen LogP contribution in [0.5, 0.6) is 5.75 Å². The first kappa shape index (κ1) is 20.1. The van der Waals surface area contributed by atoms with Crippen LogP contribution in [-0.2, 0) is 0 Å². The van der Waals surface area contributed by atoms with Gasteiger partial charge in [-0.25, -0.2) is 0 Å². The predicted octanol–water partition coefficient (Wildman–Crippen LogP) is 3.30. The highest BCUT2D eigenvalue weighted by Gasteiger charge is 2.46. The van der Waals surface area contributed by atoms with Crippen molar-refractivity contribution < 1.29 is 9.53 Å². The number of hydrogen-bond donors (Lipinski definition) is 1. The van der Waals surface area contributed by atoms with Crippen molar-refractivity contribution in [1.82, 2.24) is 20.2 Å². The van der Waals surface area contributed by atoms with Gasteiger partial charge in [-0.1, -0.05) is 13.8 Å². The van der Waals surface area contributed by atoms with Gasteiger partial charge >= 0.3 is 0 Å². The molecule has 4 rings (SSSR count). The Labute approximate surface area is 177 Å². The molecule has 0 unspecified atom stereocenters. The predicted molar refractivity (Wildman–Crippen MR) is 113 cm³/mol. The summed E-state index contributed by atoms with van der Waals surface area (Å²) in [7, 11) is 0. The molecular formula is C23H27N5O2. The number of aromatic nitrogens is 2. The summed E-state index contributed by atoms with van der Waals surface area (Å²) in [6, 6.07) is 5.83. The van der Waals surface area contributed by atoms with Crippen molar-refractivity contribution in [2.24, 2.45) is 5.92 Å². The van der Waals surface area contributed by atoms with Gasteiger partial charge in [0.25, 0.3) is 5.91 Å². The molecule has 1 aromatic heterocycles. The number of nitrogens with zero attached hydrogens (tertiary/aromatic N) is 4. The second-order valence-corrected chi connectivity index (χ2v) is 8.58. The number of benzene rings is 1. The summed E-state index contributed by atoms with van der Waals surface area (Å²) in [6.07, 6.45) is 8.54. The van der Waals surface area contributed by atoms with Crippen LogP contribution in [0.2, 0.25) is 0 Å². The Morgan fingerprint density at radius 1 is 1.33 bits per heavy atom. The molecule has 0 spiro atoms. The summed E-state index contributed by atoms with van der Waals surface area (Å²) in [4.78, 5) is 23.6. The lowest BCUT2D eigenvalue weighted by Gasteiger charge is -2.22. The number of nitriles is 1. The maximum Gasteiger partial charge on any atom is 0.251 e. The third kappa shape index (κ3) is 3.95. The lowest BCUT2D eigenvalue weighted by Crippen LogP contribution is -2.43. The molecule has 0 aliphatic carbocycles. The van der Waals surface area contributed by atoms with Gasteiger partial charge in [-0.15, -0.1) is 0 Å². The zero-order valence-corrected chi connectivity index (χ0v) is 17.6. The minimum Gasteiger partial charge on any atom is -0.493 e. The molecule has 2 fully saturated rings. The zero-order valence-electron chi connectivity index (χ0n) is 17.6. The van der Waals surface area contributed by atoms with Gasteiger partial charge in [-0.05, 0) is 50.3 Å². The van der Waals surface area contributed by atoms with Crippen molar-refractivity contribution in [2.45, 2.75) is 58.2 Å². The number of rotatable bonds is 6. The smallest absolute Gasteiger partial charge is 0.251 e. The topological polar surface area (TPSA) is 91.1 Å². The van der Waals surface area contributed by atoms with Crippen LogP contribution < -0.4 is 10.1 Å². The van der Waals surface area contributed by atoms with E-state index in [0.717, 1.165) is 30.5 Å². The van der Waals surface area contributed by atoms with E-state index < -0.39 is 0 Å². The highest BCUT2D eigenvalue weighted by atomic mass is 16.5. The molecule has 2 bridgehead atoms. The first-order valence-electron chi connectivity index (χ1n) is 10.5. The van der Waals surface area contributed by atoms with E-state index in [1.54, 1.807) is 24.5 Å². The van der Waals surface area contributed by atoms with Crippen LogP contribution in [0.4, 0.5) is 0 Å². The van der Waals surface area contributed by atoms with Gasteiger partial charge in [0.2, 0.25) is 0 Å². The third-order valence-corrected chi connectivity index (χ3v) is 5.84. The van der Waals surface area contributed by atoms with Crippen LogP contribution in [0.25, 0.3) is 11.3 Å². The molecule has 2 aromatic rings. The van der Waals surface area contributed by atoms with Gasteiger partial charge in [-0.2, -0.15) is 5.26 Å². The molecule has 2 saturated heterocycles. The van der Waals surface area contributed by atoms with Crippen LogP contribution in [0.3, 0.4) is 0 Å². The Hall–Kier alpha value is -3.14. The normalized spacial score (nSPS) is 22.2. The second-order valence-electron chi connectivity index (χ2n) is 8.58. The maximum absolute atomic E-state index is 13.0. The van der Waals surface area contributed by atoms with E-state index in [0.29, 0.717) is 29.5 Å². The summed E-state index contributed by atoms with van der Waals surface area (Å²) in [5.74, 6) is 0.841. The Balaban J connectivity index is 1.56. The fourth-order valence-corrected chi connectivity index (χ4v) is 4.33. The molecule has 30 heavy (non-hydrogen) atoms. The van der Waals surface area contributed by atoms with Crippen molar-refractivity contribution in [3.05, 3.63) is 41.9 Å².